The van der Waals surface area contributed by atoms with Crippen molar-refractivity contribution in [1.29, 1.82) is 0 Å². The first-order valence-corrected chi connectivity index (χ1v) is 6.48. The normalized spacial score (nSPS) is 12.6. The summed E-state index contributed by atoms with van der Waals surface area (Å²) in [5.74, 6) is 0.383. The highest BCUT2D eigenvalue weighted by Gasteiger charge is 2.30. The fourth-order valence-electron chi connectivity index (χ4n) is 2.58. The molecular weight excluding hydrogens is 268 g/mol. The zero-order chi connectivity index (χ0) is 14.7. The standard InChI is InChI=1S/C15H10N4O2/c1-7-3-4-11-9(5-7)12(20)14-18-13-10(15(21)19(11)14)6-16-8(2)17-13/h3-6H,1-2H3. The molecule has 4 rings (SSSR count). The Morgan fingerprint density at radius 1 is 1.10 bits per heavy atom. The molecule has 1 aliphatic heterocycles. The van der Waals surface area contributed by atoms with Crippen molar-refractivity contribution in [3.63, 3.8) is 0 Å². The summed E-state index contributed by atoms with van der Waals surface area (Å²) >= 11 is 0. The molecule has 0 fully saturated rings. The summed E-state index contributed by atoms with van der Waals surface area (Å²) in [5, 5.41) is 0.311. The van der Waals surface area contributed by atoms with E-state index in [0.29, 0.717) is 22.5 Å². The van der Waals surface area contributed by atoms with E-state index in [1.54, 1.807) is 19.1 Å². The van der Waals surface area contributed by atoms with Crippen LogP contribution in [0.25, 0.3) is 16.7 Å². The number of ketones is 1. The van der Waals surface area contributed by atoms with E-state index >= 15 is 0 Å². The van der Waals surface area contributed by atoms with Gasteiger partial charge < -0.3 is 0 Å². The van der Waals surface area contributed by atoms with E-state index in [1.165, 1.54) is 10.8 Å². The minimum atomic E-state index is -0.314. The molecule has 2 aromatic heterocycles. The Morgan fingerprint density at radius 2 is 1.90 bits per heavy atom. The maximum absolute atomic E-state index is 12.6. The Bertz CT molecular complexity index is 1000. The number of hydrogen-bond donors (Lipinski definition) is 0. The fourth-order valence-corrected chi connectivity index (χ4v) is 2.58. The van der Waals surface area contributed by atoms with Gasteiger partial charge in [-0.15, -0.1) is 0 Å². The summed E-state index contributed by atoms with van der Waals surface area (Å²) in [5.41, 5.74) is 1.98. The molecule has 0 spiro atoms. The lowest BCUT2D eigenvalue weighted by Crippen LogP contribution is -2.22. The minimum Gasteiger partial charge on any atom is -0.285 e. The van der Waals surface area contributed by atoms with Crippen molar-refractivity contribution in [2.24, 2.45) is 0 Å². The van der Waals surface area contributed by atoms with Gasteiger partial charge in [-0.1, -0.05) is 11.6 Å². The quantitative estimate of drug-likeness (QED) is 0.485. The first kappa shape index (κ1) is 11.9. The summed E-state index contributed by atoms with van der Waals surface area (Å²) in [7, 11) is 0. The van der Waals surface area contributed by atoms with Gasteiger partial charge >= 0.3 is 0 Å². The summed E-state index contributed by atoms with van der Waals surface area (Å²) in [6.45, 7) is 3.62. The van der Waals surface area contributed by atoms with Crippen LogP contribution in [0.15, 0.2) is 29.2 Å². The summed E-state index contributed by atoms with van der Waals surface area (Å²) in [6, 6.07) is 5.40. The van der Waals surface area contributed by atoms with Crippen molar-refractivity contribution in [2.45, 2.75) is 13.8 Å². The van der Waals surface area contributed by atoms with Gasteiger partial charge in [-0.05, 0) is 26.0 Å². The van der Waals surface area contributed by atoms with Crippen LogP contribution in [-0.4, -0.2) is 25.3 Å². The lowest BCUT2D eigenvalue weighted by molar-refractivity contribution is 0.103. The predicted molar refractivity (Wildman–Crippen MR) is 75.8 cm³/mol. The van der Waals surface area contributed by atoms with Gasteiger partial charge in [-0.2, -0.15) is 0 Å². The van der Waals surface area contributed by atoms with Crippen LogP contribution in [0.5, 0.6) is 0 Å². The Balaban J connectivity index is 2.17. The molecule has 0 radical (unpaired) electrons. The van der Waals surface area contributed by atoms with Crippen molar-refractivity contribution in [1.82, 2.24) is 19.5 Å². The zero-order valence-corrected chi connectivity index (χ0v) is 11.4. The van der Waals surface area contributed by atoms with Gasteiger partial charge in [0.05, 0.1) is 11.3 Å². The molecule has 0 aliphatic carbocycles. The number of hydrogen-bond acceptors (Lipinski definition) is 5. The van der Waals surface area contributed by atoms with Crippen LogP contribution in [0.3, 0.4) is 0 Å². The zero-order valence-electron chi connectivity index (χ0n) is 11.4. The van der Waals surface area contributed by atoms with Gasteiger partial charge in [-0.25, -0.2) is 15.0 Å². The lowest BCUT2D eigenvalue weighted by Gasteiger charge is -2.05. The van der Waals surface area contributed by atoms with E-state index < -0.39 is 0 Å². The van der Waals surface area contributed by atoms with Crippen molar-refractivity contribution >= 4 is 16.8 Å². The molecule has 0 bridgehead atoms. The van der Waals surface area contributed by atoms with Crippen LogP contribution in [0.2, 0.25) is 0 Å². The van der Waals surface area contributed by atoms with Gasteiger partial charge in [0.25, 0.3) is 5.56 Å². The second-order valence-corrected chi connectivity index (χ2v) is 5.08. The average molecular weight is 278 g/mol. The second-order valence-electron chi connectivity index (χ2n) is 5.08. The van der Waals surface area contributed by atoms with Gasteiger partial charge in [-0.3, -0.25) is 14.2 Å². The van der Waals surface area contributed by atoms with Gasteiger partial charge in [0.15, 0.2) is 11.5 Å². The maximum atomic E-state index is 12.6. The second kappa shape index (κ2) is 3.82. The van der Waals surface area contributed by atoms with Crippen LogP contribution in [-0.2, 0) is 0 Å². The van der Waals surface area contributed by atoms with Crippen LogP contribution in [0.1, 0.15) is 27.6 Å². The Kier molecular flexibility index (Phi) is 2.16. The number of benzene rings is 1. The van der Waals surface area contributed by atoms with Crippen LogP contribution >= 0.6 is 0 Å². The van der Waals surface area contributed by atoms with E-state index in [0.717, 1.165) is 5.56 Å². The van der Waals surface area contributed by atoms with Gasteiger partial charge in [0, 0.05) is 6.20 Å². The topological polar surface area (TPSA) is 77.7 Å². The molecule has 21 heavy (non-hydrogen) atoms. The maximum Gasteiger partial charge on any atom is 0.269 e. The van der Waals surface area contributed by atoms with Gasteiger partial charge in [0.2, 0.25) is 5.78 Å². The first-order valence-electron chi connectivity index (χ1n) is 6.48. The summed E-state index contributed by atoms with van der Waals surface area (Å²) in [6.07, 6.45) is 1.46. The molecule has 0 atom stereocenters. The first-order chi connectivity index (χ1) is 10.1. The van der Waals surface area contributed by atoms with E-state index in [4.69, 9.17) is 0 Å². The molecule has 0 saturated carbocycles. The third-order valence-electron chi connectivity index (χ3n) is 3.59. The third kappa shape index (κ3) is 1.50. The highest BCUT2D eigenvalue weighted by atomic mass is 16.1. The minimum absolute atomic E-state index is 0.117. The molecule has 1 aromatic carbocycles. The third-order valence-corrected chi connectivity index (χ3v) is 3.59. The molecule has 102 valence electrons. The molecule has 6 nitrogen and oxygen atoms in total. The van der Waals surface area contributed by atoms with Crippen LogP contribution < -0.4 is 5.56 Å². The molecule has 0 amide bonds. The van der Waals surface area contributed by atoms with E-state index in [1.807, 2.05) is 13.0 Å². The Labute approximate surface area is 119 Å². The number of aromatic nitrogens is 4. The number of fused-ring (bicyclic) bond motifs is 4. The number of carbonyl (C=O) groups excluding carboxylic acids is 1. The largest absolute Gasteiger partial charge is 0.285 e. The molecule has 1 aliphatic rings. The highest BCUT2D eigenvalue weighted by molar-refractivity contribution is 6.13. The fraction of sp³-hybridized carbons (Fsp3) is 0.133. The highest BCUT2D eigenvalue weighted by Crippen LogP contribution is 2.26. The Hall–Kier alpha value is -2.89. The van der Waals surface area contributed by atoms with Crippen LogP contribution in [0.4, 0.5) is 0 Å². The van der Waals surface area contributed by atoms with Crippen molar-refractivity contribution in [2.75, 3.05) is 0 Å². The lowest BCUT2D eigenvalue weighted by atomic mass is 10.1. The van der Waals surface area contributed by atoms with E-state index in [2.05, 4.69) is 15.0 Å². The monoisotopic (exact) mass is 278 g/mol. The van der Waals surface area contributed by atoms with E-state index in [9.17, 15) is 9.59 Å². The Morgan fingerprint density at radius 3 is 2.71 bits per heavy atom. The molecular formula is C15H10N4O2. The molecule has 3 aromatic rings. The number of rotatable bonds is 0. The van der Waals surface area contributed by atoms with Gasteiger partial charge in [0.1, 0.15) is 11.2 Å². The van der Waals surface area contributed by atoms with Crippen molar-refractivity contribution in [3.8, 4) is 5.69 Å². The number of carbonyl (C=O) groups is 1. The van der Waals surface area contributed by atoms with Crippen molar-refractivity contribution < 1.29 is 4.79 Å². The summed E-state index contributed by atoms with van der Waals surface area (Å²) < 4.78 is 1.35. The average Bonchev–Trinajstić information content (AvgIpc) is 2.72. The van der Waals surface area contributed by atoms with Crippen molar-refractivity contribution in [3.05, 3.63) is 57.5 Å². The molecule has 0 N–H and O–H groups in total. The number of nitrogens with zero attached hydrogens (tertiary/aromatic N) is 4. The molecule has 0 unspecified atom stereocenters. The smallest absolute Gasteiger partial charge is 0.269 e. The van der Waals surface area contributed by atoms with Crippen LogP contribution in [0, 0.1) is 13.8 Å². The summed E-state index contributed by atoms with van der Waals surface area (Å²) in [4.78, 5) is 37.5. The SMILES string of the molecule is Cc1ccc2c(c1)C(=O)c1nc3nc(C)ncc3c(=O)n1-2. The predicted octanol–water partition coefficient (Wildman–Crippen LogP) is 1.34. The molecule has 6 heteroatoms. The molecule has 3 heterocycles. The molecule has 0 saturated heterocycles. The number of aryl methyl sites for hydroxylation is 2. The van der Waals surface area contributed by atoms with E-state index in [-0.39, 0.29) is 22.8 Å².